The van der Waals surface area contributed by atoms with E-state index in [9.17, 15) is 20.1 Å². The standard InChI is InChI=1S/C15H15NO5/c17-12-6-11(7-13(18)14(12)19)8-16-15(20)21-9-10-4-2-1-3-5-10/h1-7,17-19H,8-9H2,(H,16,20). The molecule has 6 nitrogen and oxygen atoms in total. The van der Waals surface area contributed by atoms with Crippen molar-refractivity contribution in [2.75, 3.05) is 0 Å². The fourth-order valence-electron chi connectivity index (χ4n) is 1.71. The monoisotopic (exact) mass is 289 g/mol. The van der Waals surface area contributed by atoms with Crippen LogP contribution in [0.1, 0.15) is 11.1 Å². The van der Waals surface area contributed by atoms with E-state index in [2.05, 4.69) is 5.32 Å². The number of ether oxygens (including phenoxy) is 1. The average Bonchev–Trinajstić information content (AvgIpc) is 2.49. The van der Waals surface area contributed by atoms with Crippen LogP contribution in [-0.2, 0) is 17.9 Å². The summed E-state index contributed by atoms with van der Waals surface area (Å²) in [7, 11) is 0. The lowest BCUT2D eigenvalue weighted by Crippen LogP contribution is -2.23. The Balaban J connectivity index is 1.84. The SMILES string of the molecule is O=C(NCc1cc(O)c(O)c(O)c1)OCc1ccccc1. The Morgan fingerprint density at radius 3 is 2.24 bits per heavy atom. The van der Waals surface area contributed by atoms with Crippen LogP contribution < -0.4 is 5.32 Å². The quantitative estimate of drug-likeness (QED) is 0.647. The van der Waals surface area contributed by atoms with Crippen molar-refractivity contribution in [3.05, 3.63) is 53.6 Å². The maximum atomic E-state index is 11.5. The van der Waals surface area contributed by atoms with Gasteiger partial charge in [-0.2, -0.15) is 0 Å². The molecule has 0 bridgehead atoms. The van der Waals surface area contributed by atoms with Crippen LogP contribution >= 0.6 is 0 Å². The third-order valence-corrected chi connectivity index (χ3v) is 2.78. The van der Waals surface area contributed by atoms with E-state index >= 15 is 0 Å². The highest BCUT2D eigenvalue weighted by molar-refractivity contribution is 5.67. The van der Waals surface area contributed by atoms with E-state index in [1.807, 2.05) is 30.3 Å². The molecule has 0 atom stereocenters. The maximum absolute atomic E-state index is 11.5. The Morgan fingerprint density at radius 2 is 1.62 bits per heavy atom. The number of phenols is 3. The second-order valence-corrected chi connectivity index (χ2v) is 4.40. The van der Waals surface area contributed by atoms with Crippen molar-refractivity contribution in [3.63, 3.8) is 0 Å². The highest BCUT2D eigenvalue weighted by Gasteiger charge is 2.09. The molecule has 0 spiro atoms. The van der Waals surface area contributed by atoms with Gasteiger partial charge in [-0.3, -0.25) is 0 Å². The number of nitrogens with one attached hydrogen (secondary N) is 1. The summed E-state index contributed by atoms with van der Waals surface area (Å²) < 4.78 is 5.01. The second-order valence-electron chi connectivity index (χ2n) is 4.40. The molecule has 0 unspecified atom stereocenters. The molecule has 2 rings (SSSR count). The van der Waals surface area contributed by atoms with E-state index in [1.165, 1.54) is 12.1 Å². The highest BCUT2D eigenvalue weighted by Crippen LogP contribution is 2.35. The Morgan fingerprint density at radius 1 is 1.00 bits per heavy atom. The molecule has 4 N–H and O–H groups in total. The predicted molar refractivity (Wildman–Crippen MR) is 74.9 cm³/mol. The lowest BCUT2D eigenvalue weighted by molar-refractivity contribution is 0.139. The molecule has 0 aliphatic rings. The van der Waals surface area contributed by atoms with E-state index in [0.717, 1.165) is 5.56 Å². The fourth-order valence-corrected chi connectivity index (χ4v) is 1.71. The lowest BCUT2D eigenvalue weighted by atomic mass is 10.2. The molecule has 0 aromatic heterocycles. The number of rotatable bonds is 4. The Kier molecular flexibility index (Phi) is 4.50. The Labute approximate surface area is 121 Å². The molecular weight excluding hydrogens is 274 g/mol. The average molecular weight is 289 g/mol. The van der Waals surface area contributed by atoms with Crippen molar-refractivity contribution in [2.45, 2.75) is 13.2 Å². The molecule has 6 heteroatoms. The highest BCUT2D eigenvalue weighted by atomic mass is 16.5. The van der Waals surface area contributed by atoms with Gasteiger partial charge in [0.15, 0.2) is 17.2 Å². The van der Waals surface area contributed by atoms with Crippen LogP contribution in [0.3, 0.4) is 0 Å². The third-order valence-electron chi connectivity index (χ3n) is 2.78. The molecule has 1 amide bonds. The van der Waals surface area contributed by atoms with Crippen LogP contribution in [0, 0.1) is 0 Å². The van der Waals surface area contributed by atoms with Gasteiger partial charge in [0.1, 0.15) is 6.61 Å². The maximum Gasteiger partial charge on any atom is 0.407 e. The van der Waals surface area contributed by atoms with Crippen molar-refractivity contribution in [1.82, 2.24) is 5.32 Å². The second kappa shape index (κ2) is 6.51. The number of carbonyl (C=O) groups excluding carboxylic acids is 1. The summed E-state index contributed by atoms with van der Waals surface area (Å²) in [5, 5.41) is 30.4. The number of aromatic hydroxyl groups is 3. The molecule has 0 saturated carbocycles. The molecule has 0 aliphatic heterocycles. The van der Waals surface area contributed by atoms with Crippen LogP contribution in [-0.4, -0.2) is 21.4 Å². The zero-order chi connectivity index (χ0) is 15.2. The van der Waals surface area contributed by atoms with E-state index in [1.54, 1.807) is 0 Å². The minimum Gasteiger partial charge on any atom is -0.504 e. The first-order valence-electron chi connectivity index (χ1n) is 6.24. The minimum absolute atomic E-state index is 0.0506. The van der Waals surface area contributed by atoms with E-state index in [0.29, 0.717) is 5.56 Å². The molecule has 0 radical (unpaired) electrons. The summed E-state index contributed by atoms with van der Waals surface area (Å²) in [6.45, 7) is 0.202. The fraction of sp³-hybridized carbons (Fsp3) is 0.133. The summed E-state index contributed by atoms with van der Waals surface area (Å²) in [5.41, 5.74) is 1.30. The van der Waals surface area contributed by atoms with Crippen LogP contribution in [0.2, 0.25) is 0 Å². The molecular formula is C15H15NO5. The van der Waals surface area contributed by atoms with Gasteiger partial charge in [-0.05, 0) is 23.3 Å². The summed E-state index contributed by atoms with van der Waals surface area (Å²) in [6, 6.07) is 11.7. The minimum atomic E-state index is -0.620. The Bertz CT molecular complexity index is 604. The first kappa shape index (κ1) is 14.5. The van der Waals surface area contributed by atoms with Crippen molar-refractivity contribution in [2.24, 2.45) is 0 Å². The predicted octanol–water partition coefficient (Wildman–Crippen LogP) is 2.23. The summed E-state index contributed by atoms with van der Waals surface area (Å²) in [5.74, 6) is -1.50. The molecule has 2 aromatic rings. The summed E-state index contributed by atoms with van der Waals surface area (Å²) >= 11 is 0. The Hall–Kier alpha value is -2.89. The number of carbonyl (C=O) groups is 1. The number of hydrogen-bond acceptors (Lipinski definition) is 5. The normalized spacial score (nSPS) is 10.1. The van der Waals surface area contributed by atoms with Crippen LogP contribution in [0.5, 0.6) is 17.2 Å². The van der Waals surface area contributed by atoms with Crippen LogP contribution in [0.15, 0.2) is 42.5 Å². The van der Waals surface area contributed by atoms with Gasteiger partial charge >= 0.3 is 6.09 Å². The van der Waals surface area contributed by atoms with Crippen molar-refractivity contribution in [1.29, 1.82) is 0 Å². The molecule has 110 valence electrons. The topological polar surface area (TPSA) is 99.0 Å². The summed E-state index contributed by atoms with van der Waals surface area (Å²) in [4.78, 5) is 11.5. The van der Waals surface area contributed by atoms with Gasteiger partial charge in [0.25, 0.3) is 0 Å². The molecule has 0 heterocycles. The first-order chi connectivity index (χ1) is 10.1. The van der Waals surface area contributed by atoms with Gasteiger partial charge in [-0.1, -0.05) is 30.3 Å². The molecule has 0 saturated heterocycles. The molecule has 0 fully saturated rings. The zero-order valence-corrected chi connectivity index (χ0v) is 11.1. The largest absolute Gasteiger partial charge is 0.504 e. The van der Waals surface area contributed by atoms with Gasteiger partial charge in [-0.25, -0.2) is 4.79 Å². The van der Waals surface area contributed by atoms with E-state index in [4.69, 9.17) is 4.74 Å². The molecule has 2 aromatic carbocycles. The van der Waals surface area contributed by atoms with Gasteiger partial charge < -0.3 is 25.4 Å². The zero-order valence-electron chi connectivity index (χ0n) is 11.1. The first-order valence-corrected chi connectivity index (χ1v) is 6.24. The molecule has 0 aliphatic carbocycles. The van der Waals surface area contributed by atoms with Crippen molar-refractivity contribution < 1.29 is 24.9 Å². The van der Waals surface area contributed by atoms with Gasteiger partial charge in [0, 0.05) is 6.54 Å². The van der Waals surface area contributed by atoms with Crippen molar-refractivity contribution >= 4 is 6.09 Å². The van der Waals surface area contributed by atoms with Crippen LogP contribution in [0.25, 0.3) is 0 Å². The number of benzene rings is 2. The van der Waals surface area contributed by atoms with E-state index < -0.39 is 23.3 Å². The van der Waals surface area contributed by atoms with Gasteiger partial charge in [0.2, 0.25) is 0 Å². The number of alkyl carbamates (subject to hydrolysis) is 1. The van der Waals surface area contributed by atoms with Crippen LogP contribution in [0.4, 0.5) is 4.79 Å². The van der Waals surface area contributed by atoms with Crippen molar-refractivity contribution in [3.8, 4) is 17.2 Å². The number of phenolic OH excluding ortho intramolecular Hbond substituents is 3. The third kappa shape index (κ3) is 4.04. The number of hydrogen-bond donors (Lipinski definition) is 4. The molecule has 21 heavy (non-hydrogen) atoms. The number of amides is 1. The summed E-state index contributed by atoms with van der Waals surface area (Å²) in [6.07, 6.45) is -0.620. The smallest absolute Gasteiger partial charge is 0.407 e. The van der Waals surface area contributed by atoms with E-state index in [-0.39, 0.29) is 13.2 Å². The lowest BCUT2D eigenvalue weighted by Gasteiger charge is -2.08. The van der Waals surface area contributed by atoms with Gasteiger partial charge in [-0.15, -0.1) is 0 Å². The van der Waals surface area contributed by atoms with Gasteiger partial charge in [0.05, 0.1) is 0 Å².